The number of piperidine rings is 3. The second-order valence-electron chi connectivity index (χ2n) is 29.1. The van der Waals surface area contributed by atoms with Crippen molar-refractivity contribution in [3.8, 4) is 34.0 Å². The second kappa shape index (κ2) is 36.8. The third kappa shape index (κ3) is 23.4. The number of nitrogen functional groups attached to an aromatic ring is 1. The molecule has 1 aliphatic carbocycles. The van der Waals surface area contributed by atoms with Gasteiger partial charge < -0.3 is 80.4 Å². The van der Waals surface area contributed by atoms with Crippen LogP contribution in [0.15, 0.2) is 114 Å². The lowest BCUT2D eigenvalue weighted by Gasteiger charge is -2.37. The molecule has 0 atom stereocenters. The molecule has 6 aliphatic rings. The Morgan fingerprint density at radius 3 is 1.30 bits per heavy atom. The van der Waals surface area contributed by atoms with Gasteiger partial charge in [0.2, 0.25) is 5.28 Å². The molecule has 6 aromatic heterocycles. The predicted octanol–water partition coefficient (Wildman–Crippen LogP) is 13.9. The number of nitro groups is 2. The standard InChI is InChI=1S/C27H31F2N5O2.C15H14ClF2N3O.C11H15N3O3.C11H17N3O.C7H14O.C5H3BrN2O2/c1-17(2)34-10-11-36-26-21(28)12-18(13-23(26)34)25-22(29)16-31-24(32-25)14-19-4-5-20(15-30-19)33-8-6-27(3,35)7-9-33;1-8(2)21-3-4-22-14-10(17)5-9(6-12(14)21)13-11(18)7-19-15(16)20-13;1-11(15)4-6-13(7-5-11)9-2-3-10(12-8-9)14(16)17;1-11(15)4-6-14(7-5-11)9-2-3-10(12)13-8-9;1-7(8)5-3-2-4-6-7;6-4-1-2-5(7-3-4)8(9)10/h4-5,12-13,15-17,35H,6-11,14H2,1-3H3;5-8H,3-4H2,1-2H3;2-3,8,15H,4-7H2,1H3;2-3,8,15H,4-7H2,1H3,(H2,12,13);8H,2-6H2,1H3;1-3H. The van der Waals surface area contributed by atoms with E-state index in [2.05, 4.69) is 70.5 Å². The lowest BCUT2D eigenvalue weighted by Crippen LogP contribution is -2.42. The quantitative estimate of drug-likeness (QED) is 0.0347. The third-order valence-corrected chi connectivity index (χ3v) is 20.1. The van der Waals surface area contributed by atoms with E-state index in [9.17, 15) is 58.2 Å². The zero-order valence-corrected chi connectivity index (χ0v) is 64.2. The van der Waals surface area contributed by atoms with Crippen LogP contribution in [0, 0.1) is 43.5 Å². The van der Waals surface area contributed by atoms with Crippen LogP contribution >= 0.6 is 27.5 Å². The number of aliphatic hydroxyl groups is 4. The zero-order valence-electron chi connectivity index (χ0n) is 61.9. The third-order valence-electron chi connectivity index (χ3n) is 19.4. The predicted molar refractivity (Wildman–Crippen MR) is 411 cm³/mol. The van der Waals surface area contributed by atoms with Crippen LogP contribution in [0.25, 0.3) is 22.5 Å². The maximum Gasteiger partial charge on any atom is 0.363 e. The van der Waals surface area contributed by atoms with E-state index in [1.807, 2.05) is 89.5 Å². The summed E-state index contributed by atoms with van der Waals surface area (Å²) in [6.07, 6.45) is 19.1. The maximum absolute atomic E-state index is 14.9. The largest absolute Gasteiger partial charge is 0.486 e. The molecule has 0 spiro atoms. The molecule has 6 N–H and O–H groups in total. The summed E-state index contributed by atoms with van der Waals surface area (Å²) in [5.41, 5.74) is 9.04. The number of pyridine rings is 4. The topological polar surface area (TPSA) is 331 Å². The summed E-state index contributed by atoms with van der Waals surface area (Å²) in [5.74, 6) is -1.32. The molecule has 11 heterocycles. The van der Waals surface area contributed by atoms with Crippen LogP contribution in [0.4, 0.5) is 63.5 Å². The number of hydrogen-bond acceptors (Lipinski definition) is 24. The highest BCUT2D eigenvalue weighted by molar-refractivity contribution is 9.10. The van der Waals surface area contributed by atoms with Crippen molar-refractivity contribution < 1.29 is 57.3 Å². The van der Waals surface area contributed by atoms with Gasteiger partial charge in [-0.1, -0.05) is 19.3 Å². The van der Waals surface area contributed by atoms with Gasteiger partial charge in [0.25, 0.3) is 0 Å². The summed E-state index contributed by atoms with van der Waals surface area (Å²) in [7, 11) is 0. The highest BCUT2D eigenvalue weighted by Gasteiger charge is 2.33. The molecule has 4 fully saturated rings. The zero-order chi connectivity index (χ0) is 78.3. The summed E-state index contributed by atoms with van der Waals surface area (Å²) in [4.78, 5) is 62.0. The van der Waals surface area contributed by atoms with Crippen LogP contribution in [0.2, 0.25) is 5.28 Å². The van der Waals surface area contributed by atoms with E-state index in [0.29, 0.717) is 92.6 Å². The first kappa shape index (κ1) is 82.8. The molecular weight excluding hydrogens is 1490 g/mol. The Labute approximate surface area is 638 Å². The normalized spacial score (nSPS) is 17.3. The molecule has 2 aromatic carbocycles. The molecule has 5 aliphatic heterocycles. The Bertz CT molecular complexity index is 4290. The van der Waals surface area contributed by atoms with Crippen molar-refractivity contribution >= 4 is 73.4 Å². The fourth-order valence-electron chi connectivity index (χ4n) is 12.8. The van der Waals surface area contributed by atoms with Gasteiger partial charge in [-0.25, -0.2) is 42.5 Å². The molecule has 8 aromatic rings. The summed E-state index contributed by atoms with van der Waals surface area (Å²) in [5, 5.41) is 59.6. The number of hydrogen-bond donors (Lipinski definition) is 5. The first-order chi connectivity index (χ1) is 51.1. The molecule has 0 amide bonds. The number of rotatable bonds is 11. The molecule has 0 unspecified atom stereocenters. The Morgan fingerprint density at radius 1 is 0.509 bits per heavy atom. The molecule has 108 heavy (non-hydrogen) atoms. The average Bonchev–Trinajstić information content (AvgIpc) is 0.779. The van der Waals surface area contributed by atoms with E-state index in [0.717, 1.165) is 105 Å². The second-order valence-corrected chi connectivity index (χ2v) is 30.3. The van der Waals surface area contributed by atoms with Gasteiger partial charge in [-0.3, -0.25) is 4.98 Å². The van der Waals surface area contributed by atoms with Crippen molar-refractivity contribution in [3.63, 3.8) is 0 Å². The van der Waals surface area contributed by atoms with Crippen molar-refractivity contribution in [3.05, 3.63) is 175 Å². The van der Waals surface area contributed by atoms with Crippen LogP contribution in [0.3, 0.4) is 0 Å². The van der Waals surface area contributed by atoms with E-state index in [1.165, 1.54) is 55.9 Å². The van der Waals surface area contributed by atoms with E-state index in [-0.39, 0.29) is 57.5 Å². The van der Waals surface area contributed by atoms with Gasteiger partial charge in [0.05, 0.1) is 99.6 Å². The number of aromatic nitrogens is 8. The van der Waals surface area contributed by atoms with E-state index < -0.39 is 49.9 Å². The summed E-state index contributed by atoms with van der Waals surface area (Å²) in [6.45, 7) is 22.4. The highest BCUT2D eigenvalue weighted by atomic mass is 79.9. The maximum atomic E-state index is 14.9. The highest BCUT2D eigenvalue weighted by Crippen LogP contribution is 2.42. The minimum absolute atomic E-state index is 0.0315. The molecule has 32 heteroatoms. The monoisotopic (exact) mass is 1580 g/mol. The van der Waals surface area contributed by atoms with Crippen LogP contribution in [0.5, 0.6) is 11.5 Å². The van der Waals surface area contributed by atoms with Crippen molar-refractivity contribution in [2.75, 3.05) is 95.8 Å². The number of halogens is 6. The lowest BCUT2D eigenvalue weighted by atomic mass is 9.87. The average molecular weight is 1580 g/mol. The molecule has 1 saturated carbocycles. The lowest BCUT2D eigenvalue weighted by molar-refractivity contribution is -0.389. The van der Waals surface area contributed by atoms with Gasteiger partial charge in [0.1, 0.15) is 36.2 Å². The smallest absolute Gasteiger partial charge is 0.363 e. The molecule has 26 nitrogen and oxygen atoms in total. The molecule has 3 saturated heterocycles. The van der Waals surface area contributed by atoms with Gasteiger partial charge in [-0.2, -0.15) is 0 Å². The minimum atomic E-state index is -0.656. The summed E-state index contributed by atoms with van der Waals surface area (Å²) < 4.78 is 69.7. The summed E-state index contributed by atoms with van der Waals surface area (Å²) >= 11 is 8.82. The van der Waals surface area contributed by atoms with Crippen molar-refractivity contribution in [2.24, 2.45) is 0 Å². The van der Waals surface area contributed by atoms with Crippen LogP contribution in [-0.2, 0) is 6.42 Å². The Balaban J connectivity index is 0.000000161. The van der Waals surface area contributed by atoms with Gasteiger partial charge in [-0.15, -0.1) is 0 Å². The van der Waals surface area contributed by atoms with E-state index in [1.54, 1.807) is 36.7 Å². The number of benzene rings is 2. The van der Waals surface area contributed by atoms with Crippen molar-refractivity contribution in [1.29, 1.82) is 0 Å². The first-order valence-corrected chi connectivity index (χ1v) is 37.1. The first-order valence-electron chi connectivity index (χ1n) is 36.0. The Hall–Kier alpha value is -9.27. The fraction of sp³-hybridized carbons (Fsp3) is 0.474. The molecule has 0 radical (unpaired) electrons. The van der Waals surface area contributed by atoms with Crippen LogP contribution < -0.4 is 39.7 Å². The van der Waals surface area contributed by atoms with E-state index in [4.69, 9.17) is 26.8 Å². The Morgan fingerprint density at radius 2 is 0.917 bits per heavy atom. The van der Waals surface area contributed by atoms with Gasteiger partial charge in [0.15, 0.2) is 47.2 Å². The number of nitrogens with two attached hydrogens (primary N) is 1. The fourth-order valence-corrected chi connectivity index (χ4v) is 13.2. The van der Waals surface area contributed by atoms with Crippen molar-refractivity contribution in [1.82, 2.24) is 39.9 Å². The SMILES string of the molecule is CC(C)N1CCOc2c(F)cc(-c3nc(Cc4ccc(N5CCC(C)(O)CC5)cn4)ncc3F)cc21.CC(C)N1CCOc2c(F)cc(-c3nc(Cl)ncc3F)cc21.CC1(O)CCCCC1.CC1(O)CCN(c2ccc(N)nc2)CC1.CC1(O)CCN(c2ccc([N+](=O)[O-])nc2)CC1.O=[N+]([O-])c1ccc(Br)cn1. The summed E-state index contributed by atoms with van der Waals surface area (Å²) in [6, 6.07) is 19.9. The Kier molecular flexibility index (Phi) is 28.2. The number of nitrogens with zero attached hydrogens (tertiary/aromatic N) is 15. The van der Waals surface area contributed by atoms with Crippen LogP contribution in [-0.4, -0.2) is 170 Å². The van der Waals surface area contributed by atoms with Gasteiger partial charge in [-0.05, 0) is 215 Å². The molecule has 14 rings (SSSR count). The number of anilines is 6. The van der Waals surface area contributed by atoms with E-state index >= 15 is 0 Å². The van der Waals surface area contributed by atoms with Gasteiger partial charge >= 0.3 is 11.6 Å². The molecular formula is C76H94BrClF4N16O10. The minimum Gasteiger partial charge on any atom is -0.486 e. The van der Waals surface area contributed by atoms with Crippen molar-refractivity contribution in [2.45, 2.75) is 167 Å². The van der Waals surface area contributed by atoms with Crippen LogP contribution in [0.1, 0.15) is 138 Å². The molecule has 580 valence electrons. The number of fused-ring (bicyclic) bond motifs is 2. The number of ether oxygens (including phenoxy) is 2. The molecule has 0 bridgehead atoms. The van der Waals surface area contributed by atoms with Gasteiger partial charge in [0, 0.05) is 80.3 Å².